The molecule has 0 amide bonds. The highest BCUT2D eigenvalue weighted by Gasteiger charge is 2.11. The van der Waals surface area contributed by atoms with Crippen LogP contribution in [0.1, 0.15) is 27.8 Å². The minimum atomic E-state index is -2.39. The van der Waals surface area contributed by atoms with Gasteiger partial charge in [0.05, 0.1) is 0 Å². The van der Waals surface area contributed by atoms with Gasteiger partial charge < -0.3 is 14.3 Å². The van der Waals surface area contributed by atoms with Gasteiger partial charge in [-0.25, -0.2) is 0 Å². The Labute approximate surface area is 120 Å². The highest BCUT2D eigenvalue weighted by atomic mass is 31.2. The summed E-state index contributed by atoms with van der Waals surface area (Å²) >= 11 is 0. The van der Waals surface area contributed by atoms with Crippen LogP contribution in [0.2, 0.25) is 0 Å². The third kappa shape index (κ3) is 3.57. The number of para-hydroxylation sites is 1. The van der Waals surface area contributed by atoms with Crippen LogP contribution in [0.4, 0.5) is 0 Å². The van der Waals surface area contributed by atoms with Crippen LogP contribution in [0.15, 0.2) is 36.4 Å². The molecule has 0 unspecified atom stereocenters. The molecule has 2 N–H and O–H groups in total. The molecule has 0 spiro atoms. The molecule has 0 radical (unpaired) electrons. The molecular formula is C16H19O3P. The van der Waals surface area contributed by atoms with Crippen LogP contribution in [-0.4, -0.2) is 9.79 Å². The summed E-state index contributed by atoms with van der Waals surface area (Å²) in [5, 5.41) is 0. The molecule has 3 nitrogen and oxygen atoms in total. The summed E-state index contributed by atoms with van der Waals surface area (Å²) in [6, 6.07) is 11.8. The van der Waals surface area contributed by atoms with Crippen molar-refractivity contribution < 1.29 is 14.3 Å². The molecule has 0 atom stereocenters. The lowest BCUT2D eigenvalue weighted by molar-refractivity contribution is 0.373. The Morgan fingerprint density at radius 2 is 1.60 bits per heavy atom. The number of hydrogen-bond acceptors (Lipinski definition) is 3. The third-order valence-corrected chi connectivity index (χ3v) is 3.72. The number of benzene rings is 2. The van der Waals surface area contributed by atoms with Crippen molar-refractivity contribution in [2.24, 2.45) is 0 Å². The van der Waals surface area contributed by atoms with Crippen molar-refractivity contribution in [3.63, 3.8) is 0 Å². The zero-order chi connectivity index (χ0) is 14.7. The van der Waals surface area contributed by atoms with Gasteiger partial charge in [-0.2, -0.15) is 0 Å². The maximum Gasteiger partial charge on any atom is 0.391 e. The van der Waals surface area contributed by atoms with Crippen LogP contribution in [0, 0.1) is 20.8 Å². The van der Waals surface area contributed by atoms with Gasteiger partial charge in [0.1, 0.15) is 5.75 Å². The Bertz CT molecular complexity index is 585. The minimum Gasteiger partial charge on any atom is -0.427 e. The zero-order valence-electron chi connectivity index (χ0n) is 11.9. The smallest absolute Gasteiger partial charge is 0.391 e. The van der Waals surface area contributed by atoms with Gasteiger partial charge >= 0.3 is 8.60 Å². The molecule has 20 heavy (non-hydrogen) atoms. The SMILES string of the molecule is Cc1cc(C)c(Cc2ccccc2OP(O)O)c(C)c1. The van der Waals surface area contributed by atoms with Crippen molar-refractivity contribution in [2.45, 2.75) is 27.2 Å². The topological polar surface area (TPSA) is 49.7 Å². The first kappa shape index (κ1) is 15.0. The van der Waals surface area contributed by atoms with Gasteiger partial charge in [-0.1, -0.05) is 35.9 Å². The van der Waals surface area contributed by atoms with E-state index in [0.29, 0.717) is 5.75 Å². The van der Waals surface area contributed by atoms with E-state index in [9.17, 15) is 0 Å². The van der Waals surface area contributed by atoms with Crippen molar-refractivity contribution in [3.8, 4) is 5.75 Å². The number of aryl methyl sites for hydroxylation is 3. The van der Waals surface area contributed by atoms with Crippen LogP contribution < -0.4 is 4.52 Å². The second-order valence-electron chi connectivity index (χ2n) is 5.01. The molecule has 4 heteroatoms. The molecule has 0 fully saturated rings. The van der Waals surface area contributed by atoms with E-state index in [1.807, 2.05) is 18.2 Å². The van der Waals surface area contributed by atoms with E-state index in [1.165, 1.54) is 22.3 Å². The van der Waals surface area contributed by atoms with Gasteiger partial charge in [0.2, 0.25) is 0 Å². The summed E-state index contributed by atoms with van der Waals surface area (Å²) < 4.78 is 5.10. The highest BCUT2D eigenvalue weighted by Crippen LogP contribution is 2.33. The second-order valence-corrected chi connectivity index (χ2v) is 5.69. The Morgan fingerprint density at radius 1 is 1.00 bits per heavy atom. The van der Waals surface area contributed by atoms with E-state index >= 15 is 0 Å². The molecule has 0 bridgehead atoms. The van der Waals surface area contributed by atoms with Gasteiger partial charge in [-0.05, 0) is 49.1 Å². The first-order valence-corrected chi connectivity index (χ1v) is 7.64. The fourth-order valence-corrected chi connectivity index (χ4v) is 2.86. The normalized spacial score (nSPS) is 10.9. The Balaban J connectivity index is 2.35. The van der Waals surface area contributed by atoms with Gasteiger partial charge in [0.25, 0.3) is 0 Å². The predicted octanol–water partition coefficient (Wildman–Crippen LogP) is 3.79. The number of hydrogen-bond donors (Lipinski definition) is 2. The lowest BCUT2D eigenvalue weighted by Crippen LogP contribution is -1.99. The summed E-state index contributed by atoms with van der Waals surface area (Å²) in [5.74, 6) is 0.531. The van der Waals surface area contributed by atoms with E-state index in [2.05, 4.69) is 32.9 Å². The summed E-state index contributed by atoms with van der Waals surface area (Å²) in [4.78, 5) is 18.1. The minimum absolute atomic E-state index is 0.531. The predicted molar refractivity (Wildman–Crippen MR) is 81.9 cm³/mol. The summed E-state index contributed by atoms with van der Waals surface area (Å²) in [6.45, 7) is 6.29. The molecule has 2 aromatic carbocycles. The van der Waals surface area contributed by atoms with Crippen LogP contribution in [0.3, 0.4) is 0 Å². The monoisotopic (exact) mass is 290 g/mol. The maximum absolute atomic E-state index is 9.04. The van der Waals surface area contributed by atoms with E-state index in [4.69, 9.17) is 14.3 Å². The summed E-state index contributed by atoms with van der Waals surface area (Å²) in [5.41, 5.74) is 5.95. The van der Waals surface area contributed by atoms with Crippen molar-refractivity contribution in [2.75, 3.05) is 0 Å². The van der Waals surface area contributed by atoms with Crippen molar-refractivity contribution in [1.82, 2.24) is 0 Å². The van der Waals surface area contributed by atoms with Gasteiger partial charge in [-0.3, -0.25) is 0 Å². The number of rotatable bonds is 4. The molecule has 0 saturated carbocycles. The van der Waals surface area contributed by atoms with Crippen molar-refractivity contribution in [1.29, 1.82) is 0 Å². The molecule has 0 aliphatic heterocycles. The van der Waals surface area contributed by atoms with Crippen LogP contribution in [0.5, 0.6) is 5.75 Å². The maximum atomic E-state index is 9.04. The molecule has 0 aliphatic carbocycles. The lowest BCUT2D eigenvalue weighted by atomic mass is 9.94. The Morgan fingerprint density at radius 3 is 2.20 bits per heavy atom. The summed E-state index contributed by atoms with van der Waals surface area (Å²) in [7, 11) is -2.39. The Hall–Kier alpha value is -1.41. The van der Waals surface area contributed by atoms with Gasteiger partial charge in [0.15, 0.2) is 0 Å². The van der Waals surface area contributed by atoms with E-state index in [0.717, 1.165) is 12.0 Å². The van der Waals surface area contributed by atoms with Crippen LogP contribution in [0.25, 0.3) is 0 Å². The standard InChI is InChI=1S/C16H19O3P/c1-11-8-12(2)15(13(3)9-11)10-14-6-4-5-7-16(14)19-20(17)18/h4-9,17-18H,10H2,1-3H3. The summed E-state index contributed by atoms with van der Waals surface area (Å²) in [6.07, 6.45) is 0.720. The van der Waals surface area contributed by atoms with Gasteiger partial charge in [-0.15, -0.1) is 0 Å². The van der Waals surface area contributed by atoms with E-state index in [-0.39, 0.29) is 0 Å². The molecule has 0 aromatic heterocycles. The molecule has 0 heterocycles. The van der Waals surface area contributed by atoms with Crippen LogP contribution in [-0.2, 0) is 6.42 Å². The average molecular weight is 290 g/mol. The van der Waals surface area contributed by atoms with Crippen molar-refractivity contribution >= 4 is 8.60 Å². The molecule has 106 valence electrons. The quantitative estimate of drug-likeness (QED) is 0.842. The zero-order valence-corrected chi connectivity index (χ0v) is 12.8. The average Bonchev–Trinajstić information content (AvgIpc) is 2.34. The molecule has 2 rings (SSSR count). The first-order chi connectivity index (χ1) is 9.47. The molecular weight excluding hydrogens is 271 g/mol. The molecule has 2 aromatic rings. The highest BCUT2D eigenvalue weighted by molar-refractivity contribution is 7.39. The second kappa shape index (κ2) is 6.36. The van der Waals surface area contributed by atoms with E-state index in [1.54, 1.807) is 6.07 Å². The fraction of sp³-hybridized carbons (Fsp3) is 0.250. The fourth-order valence-electron chi connectivity index (χ4n) is 2.51. The first-order valence-electron chi connectivity index (χ1n) is 6.48. The van der Waals surface area contributed by atoms with Crippen LogP contribution >= 0.6 is 8.60 Å². The molecule has 0 saturated heterocycles. The van der Waals surface area contributed by atoms with Crippen molar-refractivity contribution in [3.05, 3.63) is 64.2 Å². The lowest BCUT2D eigenvalue weighted by Gasteiger charge is -2.14. The third-order valence-electron chi connectivity index (χ3n) is 3.36. The van der Waals surface area contributed by atoms with E-state index < -0.39 is 8.60 Å². The largest absolute Gasteiger partial charge is 0.427 e. The molecule has 0 aliphatic rings. The Kier molecular flexibility index (Phi) is 4.77. The van der Waals surface area contributed by atoms with Gasteiger partial charge in [0, 0.05) is 6.42 Å².